The number of nitrogens with one attached hydrogen (secondary N) is 2. The van der Waals surface area contributed by atoms with Crippen LogP contribution in [0.25, 0.3) is 23.1 Å². The average Bonchev–Trinajstić information content (AvgIpc) is 3.37. The second-order valence-corrected chi connectivity index (χ2v) is 6.18. The van der Waals surface area contributed by atoms with Crippen LogP contribution in [-0.4, -0.2) is 34.2 Å². The van der Waals surface area contributed by atoms with E-state index < -0.39 is 5.82 Å². The Labute approximate surface area is 149 Å². The van der Waals surface area contributed by atoms with Crippen LogP contribution in [0.4, 0.5) is 4.39 Å². The number of methoxy groups -OCH3 is 1. The molecule has 1 aliphatic rings. The number of rotatable bonds is 5. The van der Waals surface area contributed by atoms with Gasteiger partial charge in [-0.25, -0.2) is 9.37 Å². The maximum Gasteiger partial charge on any atom is 0.251 e. The Balaban J connectivity index is 1.67. The molecule has 0 bridgehead atoms. The van der Waals surface area contributed by atoms with Crippen LogP contribution in [0.2, 0.25) is 0 Å². The van der Waals surface area contributed by atoms with Gasteiger partial charge in [-0.2, -0.15) is 5.10 Å². The summed E-state index contributed by atoms with van der Waals surface area (Å²) < 4.78 is 19.4. The van der Waals surface area contributed by atoms with E-state index in [9.17, 15) is 9.18 Å². The molecule has 0 radical (unpaired) electrons. The molecule has 0 spiro atoms. The quantitative estimate of drug-likeness (QED) is 0.739. The van der Waals surface area contributed by atoms with Crippen molar-refractivity contribution in [1.29, 1.82) is 0 Å². The zero-order valence-electron chi connectivity index (χ0n) is 14.1. The van der Waals surface area contributed by atoms with E-state index in [1.807, 2.05) is 12.1 Å². The Morgan fingerprint density at radius 3 is 2.96 bits per heavy atom. The number of hydrogen-bond donors (Lipinski definition) is 2. The van der Waals surface area contributed by atoms with Gasteiger partial charge in [-0.3, -0.25) is 9.89 Å². The summed E-state index contributed by atoms with van der Waals surface area (Å²) in [5.41, 5.74) is 1.78. The number of pyridine rings is 1. The van der Waals surface area contributed by atoms with E-state index in [1.54, 1.807) is 31.4 Å². The number of H-pyrrole nitrogens is 1. The van der Waals surface area contributed by atoms with Crippen molar-refractivity contribution < 1.29 is 13.9 Å². The number of ether oxygens (including phenoxy) is 1. The van der Waals surface area contributed by atoms with Crippen LogP contribution < -0.4 is 10.1 Å². The summed E-state index contributed by atoms with van der Waals surface area (Å²) in [5, 5.41) is 10.2. The molecule has 1 saturated carbocycles. The lowest BCUT2D eigenvalue weighted by Gasteiger charge is -2.04. The Kier molecular flexibility index (Phi) is 4.12. The van der Waals surface area contributed by atoms with Crippen molar-refractivity contribution in [3.63, 3.8) is 0 Å². The van der Waals surface area contributed by atoms with Gasteiger partial charge in [0.05, 0.1) is 18.5 Å². The molecule has 6 nitrogen and oxygen atoms in total. The molecule has 1 fully saturated rings. The predicted molar refractivity (Wildman–Crippen MR) is 96.3 cm³/mol. The fourth-order valence-electron chi connectivity index (χ4n) is 2.65. The van der Waals surface area contributed by atoms with Gasteiger partial charge >= 0.3 is 0 Å². The smallest absolute Gasteiger partial charge is 0.251 e. The van der Waals surface area contributed by atoms with Gasteiger partial charge in [0.25, 0.3) is 5.91 Å². The highest BCUT2D eigenvalue weighted by atomic mass is 19.1. The third-order valence-corrected chi connectivity index (χ3v) is 4.19. The fraction of sp³-hybridized carbons (Fsp3) is 0.211. The number of halogens is 1. The maximum atomic E-state index is 14.3. The molecule has 7 heteroatoms. The lowest BCUT2D eigenvalue weighted by Crippen LogP contribution is -2.25. The largest absolute Gasteiger partial charge is 0.481 e. The Morgan fingerprint density at radius 2 is 2.19 bits per heavy atom. The molecule has 132 valence electrons. The van der Waals surface area contributed by atoms with Gasteiger partial charge in [-0.1, -0.05) is 6.07 Å². The van der Waals surface area contributed by atoms with Gasteiger partial charge in [0.2, 0.25) is 5.88 Å². The van der Waals surface area contributed by atoms with E-state index >= 15 is 0 Å². The SMILES string of the molecule is COc1cccc(C=Cc2[nH]nc3c(F)cc(C(=O)NC4CC4)cc23)n1. The second kappa shape index (κ2) is 6.59. The lowest BCUT2D eigenvalue weighted by atomic mass is 10.1. The van der Waals surface area contributed by atoms with Crippen molar-refractivity contribution in [2.75, 3.05) is 7.11 Å². The average molecular weight is 352 g/mol. The molecule has 2 heterocycles. The van der Waals surface area contributed by atoms with E-state index in [1.165, 1.54) is 6.07 Å². The van der Waals surface area contributed by atoms with E-state index in [-0.39, 0.29) is 23.0 Å². The van der Waals surface area contributed by atoms with Crippen LogP contribution >= 0.6 is 0 Å². The van der Waals surface area contributed by atoms with E-state index in [4.69, 9.17) is 4.74 Å². The summed E-state index contributed by atoms with van der Waals surface area (Å²) in [6.07, 6.45) is 5.47. The molecular formula is C19H17FN4O2. The number of amides is 1. The molecule has 0 unspecified atom stereocenters. The van der Waals surface area contributed by atoms with Crippen molar-refractivity contribution in [2.45, 2.75) is 18.9 Å². The lowest BCUT2D eigenvalue weighted by molar-refractivity contribution is 0.0951. The molecule has 26 heavy (non-hydrogen) atoms. The van der Waals surface area contributed by atoms with E-state index in [0.29, 0.717) is 22.7 Å². The summed E-state index contributed by atoms with van der Waals surface area (Å²) >= 11 is 0. The summed E-state index contributed by atoms with van der Waals surface area (Å²) in [7, 11) is 1.55. The zero-order valence-corrected chi connectivity index (χ0v) is 14.1. The number of carbonyl (C=O) groups is 1. The molecule has 3 aromatic rings. The van der Waals surface area contributed by atoms with Crippen molar-refractivity contribution in [1.82, 2.24) is 20.5 Å². The third-order valence-electron chi connectivity index (χ3n) is 4.19. The number of aromatic nitrogens is 3. The van der Waals surface area contributed by atoms with Crippen LogP contribution in [0.3, 0.4) is 0 Å². The zero-order chi connectivity index (χ0) is 18.1. The number of carbonyl (C=O) groups excluding carboxylic acids is 1. The summed E-state index contributed by atoms with van der Waals surface area (Å²) in [5.74, 6) is -0.288. The van der Waals surface area contributed by atoms with Crippen LogP contribution in [-0.2, 0) is 0 Å². The van der Waals surface area contributed by atoms with E-state index in [0.717, 1.165) is 12.8 Å². The number of aromatic amines is 1. The second-order valence-electron chi connectivity index (χ2n) is 6.18. The Hall–Kier alpha value is -3.22. The van der Waals surface area contributed by atoms with Gasteiger partial charge in [0.1, 0.15) is 5.52 Å². The topological polar surface area (TPSA) is 79.9 Å². The standard InChI is InChI=1S/C19H17FN4O2/c1-26-17-4-2-3-12(21-17)7-8-16-14-9-11(19(25)22-13-5-6-13)10-15(20)18(14)24-23-16/h2-4,7-10,13H,5-6H2,1H3,(H,22,25)(H,23,24). The van der Waals surface area contributed by atoms with Gasteiger partial charge in [0, 0.05) is 23.1 Å². The number of benzene rings is 1. The molecule has 0 atom stereocenters. The van der Waals surface area contributed by atoms with Crippen LogP contribution in [0.15, 0.2) is 30.3 Å². The number of nitrogens with zero attached hydrogens (tertiary/aromatic N) is 2. The minimum absolute atomic E-state index is 0.200. The number of hydrogen-bond acceptors (Lipinski definition) is 4. The molecule has 0 aliphatic heterocycles. The molecule has 1 amide bonds. The fourth-order valence-corrected chi connectivity index (χ4v) is 2.65. The molecule has 2 aromatic heterocycles. The molecule has 1 aromatic carbocycles. The van der Waals surface area contributed by atoms with Crippen molar-refractivity contribution in [3.05, 3.63) is 53.1 Å². The van der Waals surface area contributed by atoms with Gasteiger partial charge in [0.15, 0.2) is 5.82 Å². The van der Waals surface area contributed by atoms with Crippen molar-refractivity contribution >= 4 is 29.0 Å². The number of fused-ring (bicyclic) bond motifs is 1. The van der Waals surface area contributed by atoms with Crippen LogP contribution in [0, 0.1) is 5.82 Å². The minimum atomic E-state index is -0.529. The molecular weight excluding hydrogens is 335 g/mol. The maximum absolute atomic E-state index is 14.3. The summed E-state index contributed by atoms with van der Waals surface area (Å²) in [6, 6.07) is 8.49. The first kappa shape index (κ1) is 16.3. The minimum Gasteiger partial charge on any atom is -0.481 e. The normalized spacial score (nSPS) is 14.1. The van der Waals surface area contributed by atoms with Crippen LogP contribution in [0.1, 0.15) is 34.6 Å². The first-order valence-electron chi connectivity index (χ1n) is 8.31. The summed E-state index contributed by atoms with van der Waals surface area (Å²) in [4.78, 5) is 16.5. The van der Waals surface area contributed by atoms with E-state index in [2.05, 4.69) is 20.5 Å². The van der Waals surface area contributed by atoms with Gasteiger partial charge in [-0.05, 0) is 43.2 Å². The molecule has 1 aliphatic carbocycles. The van der Waals surface area contributed by atoms with Crippen LogP contribution in [0.5, 0.6) is 5.88 Å². The highest BCUT2D eigenvalue weighted by molar-refractivity contribution is 6.00. The molecule has 0 saturated heterocycles. The monoisotopic (exact) mass is 352 g/mol. The van der Waals surface area contributed by atoms with Gasteiger partial charge in [-0.15, -0.1) is 0 Å². The molecule has 4 rings (SSSR count). The predicted octanol–water partition coefficient (Wildman–Crippen LogP) is 3.17. The highest BCUT2D eigenvalue weighted by Gasteiger charge is 2.24. The molecule has 2 N–H and O–H groups in total. The first-order valence-corrected chi connectivity index (χ1v) is 8.31. The van der Waals surface area contributed by atoms with Crippen molar-refractivity contribution in [3.8, 4) is 5.88 Å². The Morgan fingerprint density at radius 1 is 1.35 bits per heavy atom. The van der Waals surface area contributed by atoms with Crippen molar-refractivity contribution in [2.24, 2.45) is 0 Å². The third kappa shape index (κ3) is 3.28. The summed E-state index contributed by atoms with van der Waals surface area (Å²) in [6.45, 7) is 0. The highest BCUT2D eigenvalue weighted by Crippen LogP contribution is 2.24. The van der Waals surface area contributed by atoms with Gasteiger partial charge < -0.3 is 10.1 Å². The first-order chi connectivity index (χ1) is 12.6. The Bertz CT molecular complexity index is 1010.